The third-order valence-corrected chi connectivity index (χ3v) is 6.85. The Balaban J connectivity index is 1.70. The first kappa shape index (κ1) is 21.5. The number of aliphatic hydroxyl groups is 1. The minimum Gasteiger partial charge on any atom is -0.507 e. The van der Waals surface area contributed by atoms with Gasteiger partial charge in [-0.2, -0.15) is 0 Å². The van der Waals surface area contributed by atoms with Gasteiger partial charge < -0.3 is 24.4 Å². The molecule has 164 valence electrons. The second-order valence-electron chi connectivity index (χ2n) is 7.80. The van der Waals surface area contributed by atoms with Crippen molar-refractivity contribution in [1.29, 1.82) is 0 Å². The molecule has 1 atom stereocenters. The summed E-state index contributed by atoms with van der Waals surface area (Å²) in [5.74, 6) is -0.650. The molecule has 0 saturated carbocycles. The number of Topliss-reactive ketones (excluding diaryl/α,β-unsaturated/α-hetero) is 1. The molecule has 2 N–H and O–H groups in total. The van der Waals surface area contributed by atoms with Gasteiger partial charge in [0.2, 0.25) is 0 Å². The number of aliphatic hydroxyl groups excluding tert-OH is 1. The molecule has 7 nitrogen and oxygen atoms in total. The van der Waals surface area contributed by atoms with Crippen LogP contribution in [0.4, 0.5) is 0 Å². The van der Waals surface area contributed by atoms with Gasteiger partial charge in [-0.05, 0) is 42.1 Å². The number of likely N-dealkylation sites (tertiary alicyclic amines) is 1. The predicted molar refractivity (Wildman–Crippen MR) is 117 cm³/mol. The van der Waals surface area contributed by atoms with Gasteiger partial charge >= 0.3 is 0 Å². The van der Waals surface area contributed by atoms with Crippen molar-refractivity contribution >= 4 is 28.8 Å². The van der Waals surface area contributed by atoms with Crippen molar-refractivity contribution in [3.63, 3.8) is 0 Å². The molecule has 2 aliphatic heterocycles. The van der Waals surface area contributed by atoms with Crippen LogP contribution >= 0.6 is 11.3 Å². The van der Waals surface area contributed by atoms with Crippen LogP contribution in [0.5, 0.6) is 5.75 Å². The van der Waals surface area contributed by atoms with Gasteiger partial charge in [0.15, 0.2) is 0 Å². The average Bonchev–Trinajstić information content (AvgIpc) is 3.40. The molecule has 1 aromatic heterocycles. The van der Waals surface area contributed by atoms with Crippen LogP contribution in [0.2, 0.25) is 0 Å². The van der Waals surface area contributed by atoms with Gasteiger partial charge in [0.05, 0.1) is 45.0 Å². The van der Waals surface area contributed by atoms with Gasteiger partial charge in [0, 0.05) is 10.4 Å². The fourth-order valence-electron chi connectivity index (χ4n) is 4.22. The Morgan fingerprint density at radius 2 is 2.06 bits per heavy atom. The van der Waals surface area contributed by atoms with Crippen LogP contribution in [-0.2, 0) is 14.3 Å². The fraction of sp³-hybridized carbons (Fsp3) is 0.391. The molecule has 0 spiro atoms. The molecule has 1 aromatic carbocycles. The number of nitrogens with one attached hydrogen (secondary N) is 1. The number of amides is 1. The van der Waals surface area contributed by atoms with E-state index in [1.54, 1.807) is 30.2 Å². The molecular formula is C23H27N2O5S+. The van der Waals surface area contributed by atoms with Gasteiger partial charge in [-0.15, -0.1) is 11.3 Å². The summed E-state index contributed by atoms with van der Waals surface area (Å²) in [7, 11) is 1.58. The topological polar surface area (TPSA) is 80.5 Å². The number of carbonyl (C=O) groups is 2. The lowest BCUT2D eigenvalue weighted by atomic mass is 9.99. The molecule has 2 saturated heterocycles. The zero-order chi connectivity index (χ0) is 22.0. The SMILES string of the molecule is COc1ccc(C(O)=C2C(=O)C(=O)N(CC[NH+]3CCOCC3)C2c2cccs2)cc1C. The number of morpholine rings is 1. The van der Waals surface area contributed by atoms with E-state index in [-0.39, 0.29) is 11.3 Å². The number of carbonyl (C=O) groups excluding carboxylic acids is 2. The maximum Gasteiger partial charge on any atom is 0.295 e. The lowest BCUT2D eigenvalue weighted by Crippen LogP contribution is -3.14. The maximum absolute atomic E-state index is 13.0. The molecule has 0 radical (unpaired) electrons. The standard InChI is InChI=1S/C23H26N2O5S/c1-15-14-16(5-6-17(15)29-2)21(26)19-20(18-4-3-13-31-18)25(23(28)22(19)27)8-7-24-9-11-30-12-10-24/h3-6,13-14,20,26H,7-12H2,1-2H3/p+1. The number of hydrogen-bond acceptors (Lipinski definition) is 6. The van der Waals surface area contributed by atoms with E-state index in [2.05, 4.69) is 0 Å². The van der Waals surface area contributed by atoms with Gasteiger partial charge in [-0.3, -0.25) is 9.59 Å². The van der Waals surface area contributed by atoms with E-state index in [4.69, 9.17) is 9.47 Å². The van der Waals surface area contributed by atoms with Crippen LogP contribution in [-0.4, -0.2) is 68.2 Å². The molecular weight excluding hydrogens is 416 g/mol. The number of benzene rings is 1. The molecule has 31 heavy (non-hydrogen) atoms. The second-order valence-corrected chi connectivity index (χ2v) is 8.78. The molecule has 4 rings (SSSR count). The number of ether oxygens (including phenoxy) is 2. The zero-order valence-electron chi connectivity index (χ0n) is 17.7. The molecule has 0 bridgehead atoms. The van der Waals surface area contributed by atoms with E-state index in [1.165, 1.54) is 16.2 Å². The van der Waals surface area contributed by atoms with Crippen LogP contribution in [0.15, 0.2) is 41.3 Å². The first-order valence-electron chi connectivity index (χ1n) is 10.4. The van der Waals surface area contributed by atoms with E-state index in [0.29, 0.717) is 31.1 Å². The Hall–Kier alpha value is -2.68. The molecule has 3 heterocycles. The van der Waals surface area contributed by atoms with Crippen molar-refractivity contribution in [2.45, 2.75) is 13.0 Å². The third-order valence-electron chi connectivity index (χ3n) is 5.93. The van der Waals surface area contributed by atoms with E-state index < -0.39 is 17.7 Å². The van der Waals surface area contributed by atoms with Crippen LogP contribution in [0.3, 0.4) is 0 Å². The Labute approximate surface area is 185 Å². The highest BCUT2D eigenvalue weighted by Gasteiger charge is 2.46. The molecule has 2 aliphatic rings. The highest BCUT2D eigenvalue weighted by molar-refractivity contribution is 7.10. The van der Waals surface area contributed by atoms with Gasteiger partial charge in [-0.1, -0.05) is 6.07 Å². The summed E-state index contributed by atoms with van der Waals surface area (Å²) < 4.78 is 10.7. The summed E-state index contributed by atoms with van der Waals surface area (Å²) >= 11 is 1.48. The van der Waals surface area contributed by atoms with Crippen molar-refractivity contribution in [1.82, 2.24) is 4.90 Å². The van der Waals surface area contributed by atoms with Crippen LogP contribution in [0, 0.1) is 6.92 Å². The Morgan fingerprint density at radius 3 is 2.71 bits per heavy atom. The summed E-state index contributed by atoms with van der Waals surface area (Å²) in [5.41, 5.74) is 1.48. The largest absolute Gasteiger partial charge is 0.507 e. The third kappa shape index (κ3) is 4.23. The van der Waals surface area contributed by atoms with Crippen LogP contribution in [0.25, 0.3) is 5.76 Å². The average molecular weight is 444 g/mol. The van der Waals surface area contributed by atoms with Crippen molar-refractivity contribution in [3.05, 3.63) is 57.3 Å². The first-order chi connectivity index (χ1) is 15.0. The first-order valence-corrected chi connectivity index (χ1v) is 11.3. The Kier molecular flexibility index (Phi) is 6.41. The maximum atomic E-state index is 13.0. The summed E-state index contributed by atoms with van der Waals surface area (Å²) in [6.07, 6.45) is 0. The molecule has 2 aromatic rings. The lowest BCUT2D eigenvalue weighted by Gasteiger charge is -2.28. The Morgan fingerprint density at radius 1 is 1.29 bits per heavy atom. The number of quaternary nitrogens is 1. The normalized spacial score (nSPS) is 21.6. The van der Waals surface area contributed by atoms with Crippen molar-refractivity contribution in [2.75, 3.05) is 46.5 Å². The zero-order valence-corrected chi connectivity index (χ0v) is 18.5. The molecule has 1 unspecified atom stereocenters. The highest BCUT2D eigenvalue weighted by Crippen LogP contribution is 2.41. The number of nitrogens with zero attached hydrogens (tertiary/aromatic N) is 1. The predicted octanol–water partition coefficient (Wildman–Crippen LogP) is 1.40. The Bertz CT molecular complexity index is 995. The summed E-state index contributed by atoms with van der Waals surface area (Å²) in [4.78, 5) is 29.8. The highest BCUT2D eigenvalue weighted by atomic mass is 32.1. The van der Waals surface area contributed by atoms with Crippen molar-refractivity contribution in [2.24, 2.45) is 0 Å². The summed E-state index contributed by atoms with van der Waals surface area (Å²) in [6.45, 7) is 6.24. The van der Waals surface area contributed by atoms with Crippen molar-refractivity contribution < 1.29 is 29.1 Å². The fourth-order valence-corrected chi connectivity index (χ4v) is 5.07. The summed E-state index contributed by atoms with van der Waals surface area (Å²) in [6, 6.07) is 8.45. The number of rotatable bonds is 6. The summed E-state index contributed by atoms with van der Waals surface area (Å²) in [5, 5.41) is 13.0. The molecule has 0 aliphatic carbocycles. The van der Waals surface area contributed by atoms with Crippen LogP contribution in [0.1, 0.15) is 22.0 Å². The van der Waals surface area contributed by atoms with Crippen molar-refractivity contribution in [3.8, 4) is 5.75 Å². The van der Waals surface area contributed by atoms with E-state index >= 15 is 0 Å². The molecule has 2 fully saturated rings. The number of thiophene rings is 1. The number of hydrogen-bond donors (Lipinski definition) is 2. The van der Waals surface area contributed by atoms with Gasteiger partial charge in [-0.25, -0.2) is 0 Å². The number of methoxy groups -OCH3 is 1. The second kappa shape index (κ2) is 9.21. The van der Waals surface area contributed by atoms with E-state index in [0.717, 1.165) is 30.1 Å². The quantitative estimate of drug-likeness (QED) is 0.401. The monoisotopic (exact) mass is 443 g/mol. The number of ketones is 1. The van der Waals surface area contributed by atoms with E-state index in [9.17, 15) is 14.7 Å². The minimum absolute atomic E-state index is 0.147. The van der Waals surface area contributed by atoms with E-state index in [1.807, 2.05) is 24.4 Å². The van der Waals surface area contributed by atoms with Crippen LogP contribution < -0.4 is 9.64 Å². The molecule has 1 amide bonds. The smallest absolute Gasteiger partial charge is 0.295 e. The van der Waals surface area contributed by atoms with Gasteiger partial charge in [0.1, 0.15) is 24.6 Å². The van der Waals surface area contributed by atoms with Gasteiger partial charge in [0.25, 0.3) is 11.7 Å². The number of aryl methyl sites for hydroxylation is 1. The lowest BCUT2D eigenvalue weighted by molar-refractivity contribution is -0.907. The molecule has 8 heteroatoms. The minimum atomic E-state index is -0.638.